The van der Waals surface area contributed by atoms with Gasteiger partial charge in [-0.25, -0.2) is 0 Å². The number of hydrogen-bond donors (Lipinski definition) is 0. The van der Waals surface area contributed by atoms with Crippen LogP contribution >= 0.6 is 0 Å². The van der Waals surface area contributed by atoms with Gasteiger partial charge in [0.2, 0.25) is 0 Å². The molecule has 0 spiro atoms. The standard InChI is InChI=1S/C20H18O3/c1-14-7-9-16-5-3-4-6-17(16)18(14)13-23-19-10-8-15(12-21)11-20(19)22-2/h3-12H,13H2,1-2H3. The number of benzene rings is 3. The van der Waals surface area contributed by atoms with E-state index in [0.717, 1.165) is 11.8 Å². The Morgan fingerprint density at radius 3 is 2.61 bits per heavy atom. The third-order valence-electron chi connectivity index (χ3n) is 3.97. The molecule has 3 rings (SSSR count). The highest BCUT2D eigenvalue weighted by atomic mass is 16.5. The lowest BCUT2D eigenvalue weighted by Gasteiger charge is -2.14. The first-order valence-electron chi connectivity index (χ1n) is 7.46. The van der Waals surface area contributed by atoms with Crippen molar-refractivity contribution in [2.75, 3.05) is 7.11 Å². The molecule has 0 saturated heterocycles. The van der Waals surface area contributed by atoms with Gasteiger partial charge in [-0.2, -0.15) is 0 Å². The number of carbonyl (C=O) groups is 1. The maximum absolute atomic E-state index is 10.9. The first-order valence-corrected chi connectivity index (χ1v) is 7.46. The van der Waals surface area contributed by atoms with E-state index in [-0.39, 0.29) is 0 Å². The van der Waals surface area contributed by atoms with Crippen molar-refractivity contribution in [1.29, 1.82) is 0 Å². The molecule has 0 fully saturated rings. The van der Waals surface area contributed by atoms with Gasteiger partial charge in [0.05, 0.1) is 7.11 Å². The van der Waals surface area contributed by atoms with Gasteiger partial charge in [-0.3, -0.25) is 4.79 Å². The number of carbonyl (C=O) groups excluding carboxylic acids is 1. The van der Waals surface area contributed by atoms with Crippen LogP contribution < -0.4 is 9.47 Å². The molecule has 3 aromatic rings. The maximum Gasteiger partial charge on any atom is 0.161 e. The van der Waals surface area contributed by atoms with Crippen LogP contribution in [0.4, 0.5) is 0 Å². The van der Waals surface area contributed by atoms with E-state index in [1.165, 1.54) is 16.3 Å². The molecule has 0 aromatic heterocycles. The van der Waals surface area contributed by atoms with Crippen molar-refractivity contribution < 1.29 is 14.3 Å². The summed E-state index contributed by atoms with van der Waals surface area (Å²) in [6.07, 6.45) is 0.793. The van der Waals surface area contributed by atoms with Crippen molar-refractivity contribution in [1.82, 2.24) is 0 Å². The van der Waals surface area contributed by atoms with E-state index < -0.39 is 0 Å². The van der Waals surface area contributed by atoms with Gasteiger partial charge < -0.3 is 9.47 Å². The van der Waals surface area contributed by atoms with E-state index in [1.807, 2.05) is 12.1 Å². The van der Waals surface area contributed by atoms with E-state index in [4.69, 9.17) is 9.47 Å². The van der Waals surface area contributed by atoms with Crippen LogP contribution in [0, 0.1) is 6.92 Å². The molecule has 0 aliphatic carbocycles. The van der Waals surface area contributed by atoms with Crippen molar-refractivity contribution >= 4 is 17.1 Å². The monoisotopic (exact) mass is 306 g/mol. The second-order valence-electron chi connectivity index (χ2n) is 5.40. The van der Waals surface area contributed by atoms with Crippen LogP contribution in [0.25, 0.3) is 10.8 Å². The molecule has 3 heteroatoms. The number of methoxy groups -OCH3 is 1. The lowest BCUT2D eigenvalue weighted by molar-refractivity contribution is 0.112. The van der Waals surface area contributed by atoms with Gasteiger partial charge in [0, 0.05) is 11.1 Å². The van der Waals surface area contributed by atoms with Gasteiger partial charge >= 0.3 is 0 Å². The van der Waals surface area contributed by atoms with Gasteiger partial charge in [-0.05, 0) is 41.5 Å². The number of ether oxygens (including phenoxy) is 2. The highest BCUT2D eigenvalue weighted by Crippen LogP contribution is 2.30. The minimum absolute atomic E-state index is 0.448. The fraction of sp³-hybridized carbons (Fsp3) is 0.150. The van der Waals surface area contributed by atoms with Gasteiger partial charge in [-0.15, -0.1) is 0 Å². The minimum Gasteiger partial charge on any atom is -0.493 e. The van der Waals surface area contributed by atoms with Crippen molar-refractivity contribution in [3.8, 4) is 11.5 Å². The summed E-state index contributed by atoms with van der Waals surface area (Å²) < 4.78 is 11.3. The number of aryl methyl sites for hydroxylation is 1. The number of hydrogen-bond acceptors (Lipinski definition) is 3. The Kier molecular flexibility index (Phi) is 4.29. The van der Waals surface area contributed by atoms with Crippen LogP contribution in [0.5, 0.6) is 11.5 Å². The molecule has 0 aliphatic rings. The fourth-order valence-corrected chi connectivity index (χ4v) is 2.66. The van der Waals surface area contributed by atoms with E-state index in [1.54, 1.807) is 25.3 Å². The molecule has 0 atom stereocenters. The van der Waals surface area contributed by atoms with Gasteiger partial charge in [-0.1, -0.05) is 36.4 Å². The summed E-state index contributed by atoms with van der Waals surface area (Å²) in [5, 5.41) is 2.39. The van der Waals surface area contributed by atoms with Crippen molar-refractivity contribution in [3.63, 3.8) is 0 Å². The number of aldehydes is 1. The van der Waals surface area contributed by atoms with Crippen molar-refractivity contribution in [3.05, 3.63) is 71.3 Å². The predicted octanol–water partition coefficient (Wildman–Crippen LogP) is 4.55. The molecule has 116 valence electrons. The first kappa shape index (κ1) is 15.1. The normalized spacial score (nSPS) is 10.5. The largest absolute Gasteiger partial charge is 0.493 e. The summed E-state index contributed by atoms with van der Waals surface area (Å²) in [5.41, 5.74) is 2.91. The van der Waals surface area contributed by atoms with Crippen LogP contribution in [-0.2, 0) is 6.61 Å². The average Bonchev–Trinajstić information content (AvgIpc) is 2.60. The molecule has 23 heavy (non-hydrogen) atoms. The average molecular weight is 306 g/mol. The summed E-state index contributed by atoms with van der Waals surface area (Å²) in [7, 11) is 1.57. The number of rotatable bonds is 5. The molecule has 3 aromatic carbocycles. The molecule has 0 heterocycles. The van der Waals surface area contributed by atoms with Crippen LogP contribution in [0.1, 0.15) is 21.5 Å². The Labute approximate surface area is 135 Å². The van der Waals surface area contributed by atoms with Gasteiger partial charge in [0.1, 0.15) is 12.9 Å². The van der Waals surface area contributed by atoms with Gasteiger partial charge in [0.25, 0.3) is 0 Å². The first-order chi connectivity index (χ1) is 11.2. The molecule has 0 bridgehead atoms. The zero-order valence-electron chi connectivity index (χ0n) is 13.2. The SMILES string of the molecule is COc1cc(C=O)ccc1OCc1c(C)ccc2ccccc12. The summed E-state index contributed by atoms with van der Waals surface area (Å²) >= 11 is 0. The number of fused-ring (bicyclic) bond motifs is 1. The van der Waals surface area contributed by atoms with Crippen molar-refractivity contribution in [2.24, 2.45) is 0 Å². The van der Waals surface area contributed by atoms with Gasteiger partial charge in [0.15, 0.2) is 11.5 Å². The molecular formula is C20H18O3. The summed E-state index contributed by atoms with van der Waals surface area (Å²) in [6.45, 7) is 2.53. The molecule has 3 nitrogen and oxygen atoms in total. The Hall–Kier alpha value is -2.81. The molecule has 0 N–H and O–H groups in total. The molecule has 0 amide bonds. The molecule has 0 unspecified atom stereocenters. The highest BCUT2D eigenvalue weighted by Gasteiger charge is 2.09. The van der Waals surface area contributed by atoms with E-state index >= 15 is 0 Å². The molecule has 0 radical (unpaired) electrons. The lowest BCUT2D eigenvalue weighted by Crippen LogP contribution is -2.01. The molecular weight excluding hydrogens is 288 g/mol. The highest BCUT2D eigenvalue weighted by molar-refractivity contribution is 5.86. The third kappa shape index (κ3) is 3.04. The van der Waals surface area contributed by atoms with E-state index in [2.05, 4.69) is 31.2 Å². The predicted molar refractivity (Wildman–Crippen MR) is 91.4 cm³/mol. The lowest BCUT2D eigenvalue weighted by atomic mass is 10.0. The Morgan fingerprint density at radius 1 is 1.00 bits per heavy atom. The topological polar surface area (TPSA) is 35.5 Å². The quantitative estimate of drug-likeness (QED) is 0.649. The molecule has 0 saturated carbocycles. The van der Waals surface area contributed by atoms with Crippen LogP contribution in [0.2, 0.25) is 0 Å². The Morgan fingerprint density at radius 2 is 1.83 bits per heavy atom. The summed E-state index contributed by atoms with van der Waals surface area (Å²) in [4.78, 5) is 10.9. The fourth-order valence-electron chi connectivity index (χ4n) is 2.66. The van der Waals surface area contributed by atoms with Crippen molar-refractivity contribution in [2.45, 2.75) is 13.5 Å². The third-order valence-corrected chi connectivity index (χ3v) is 3.97. The maximum atomic E-state index is 10.9. The zero-order chi connectivity index (χ0) is 16.2. The Balaban J connectivity index is 1.92. The van der Waals surface area contributed by atoms with Crippen LogP contribution in [0.15, 0.2) is 54.6 Å². The Bertz CT molecular complexity index is 853. The molecule has 0 aliphatic heterocycles. The zero-order valence-corrected chi connectivity index (χ0v) is 13.2. The van der Waals surface area contributed by atoms with Crippen LogP contribution in [0.3, 0.4) is 0 Å². The van der Waals surface area contributed by atoms with Crippen LogP contribution in [-0.4, -0.2) is 13.4 Å². The minimum atomic E-state index is 0.448. The smallest absolute Gasteiger partial charge is 0.161 e. The van der Waals surface area contributed by atoms with E-state index in [0.29, 0.717) is 23.7 Å². The second kappa shape index (κ2) is 6.53. The summed E-state index contributed by atoms with van der Waals surface area (Å²) in [5.74, 6) is 1.19. The van der Waals surface area contributed by atoms with E-state index in [9.17, 15) is 4.79 Å². The second-order valence-corrected chi connectivity index (χ2v) is 5.40. The summed E-state index contributed by atoms with van der Waals surface area (Å²) in [6, 6.07) is 17.7.